The first-order chi connectivity index (χ1) is 16.5. The van der Waals surface area contributed by atoms with Crippen LogP contribution >= 0.6 is 0 Å². The Hall–Kier alpha value is -4.79. The molecule has 0 unspecified atom stereocenters. The highest BCUT2D eigenvalue weighted by Gasteiger charge is 2.15. The fourth-order valence-electron chi connectivity index (χ4n) is 3.55. The number of carbonyl (C=O) groups is 1. The molecule has 1 aromatic heterocycles. The van der Waals surface area contributed by atoms with Crippen LogP contribution in [0, 0.1) is 5.53 Å². The average molecular weight is 454 g/mol. The summed E-state index contributed by atoms with van der Waals surface area (Å²) in [7, 11) is 1.55. The zero-order chi connectivity index (χ0) is 24.1. The molecule has 1 amide bonds. The molecule has 0 aliphatic heterocycles. The van der Waals surface area contributed by atoms with Crippen LogP contribution in [-0.4, -0.2) is 23.2 Å². The summed E-state index contributed by atoms with van der Waals surface area (Å²) in [6, 6.07) is 21.5. The first-order valence-corrected chi connectivity index (χ1v) is 10.4. The molecular formula is C25H22N6O3. The van der Waals surface area contributed by atoms with E-state index in [9.17, 15) is 9.59 Å². The largest absolute Gasteiger partial charge is 0.495 e. The standard InChI is InChI=1S/C25H22N6O3/c1-15(27-20-9-5-6-10-21(20)34-2)22(29-26)25(33)28-17-13-11-16(12-14-17)23-18-7-3-4-8-19(18)24(32)31-30-23/h3-14,26-27H,1-2H3,(H,28,33)(H,31,32)/b22-15-,29-26?. The van der Waals surface area contributed by atoms with Crippen molar-refractivity contribution in [2.24, 2.45) is 5.11 Å². The Balaban J connectivity index is 1.55. The van der Waals surface area contributed by atoms with Gasteiger partial charge in [-0.15, -0.1) is 0 Å². The number of benzene rings is 3. The molecule has 4 N–H and O–H groups in total. The van der Waals surface area contributed by atoms with Gasteiger partial charge in [0.25, 0.3) is 11.5 Å². The number of H-pyrrole nitrogens is 1. The van der Waals surface area contributed by atoms with E-state index in [0.717, 1.165) is 10.9 Å². The molecule has 0 aliphatic rings. The average Bonchev–Trinajstić information content (AvgIpc) is 2.86. The van der Waals surface area contributed by atoms with E-state index in [0.29, 0.717) is 33.9 Å². The van der Waals surface area contributed by atoms with E-state index in [1.807, 2.05) is 24.3 Å². The molecule has 34 heavy (non-hydrogen) atoms. The smallest absolute Gasteiger partial charge is 0.277 e. The van der Waals surface area contributed by atoms with Crippen LogP contribution in [0.15, 0.2) is 94.1 Å². The van der Waals surface area contributed by atoms with Gasteiger partial charge in [-0.2, -0.15) is 10.2 Å². The van der Waals surface area contributed by atoms with E-state index >= 15 is 0 Å². The number of amides is 1. The molecule has 0 saturated heterocycles. The Morgan fingerprint density at radius 3 is 2.35 bits per heavy atom. The minimum Gasteiger partial charge on any atom is -0.495 e. The third-order valence-corrected chi connectivity index (χ3v) is 5.22. The van der Waals surface area contributed by atoms with Crippen molar-refractivity contribution in [3.05, 3.63) is 94.5 Å². The van der Waals surface area contributed by atoms with Gasteiger partial charge in [0.15, 0.2) is 5.70 Å². The summed E-state index contributed by atoms with van der Waals surface area (Å²) in [6.45, 7) is 1.66. The van der Waals surface area contributed by atoms with Crippen molar-refractivity contribution in [1.29, 1.82) is 5.53 Å². The van der Waals surface area contributed by atoms with Crippen LogP contribution in [0.25, 0.3) is 22.0 Å². The molecule has 0 fully saturated rings. The van der Waals surface area contributed by atoms with Crippen LogP contribution < -0.4 is 20.9 Å². The second-order valence-corrected chi connectivity index (χ2v) is 7.39. The maximum atomic E-state index is 12.8. The Bertz CT molecular complexity index is 1460. The van der Waals surface area contributed by atoms with Crippen LogP contribution in [0.3, 0.4) is 0 Å². The number of nitrogens with zero attached hydrogens (tertiary/aromatic N) is 2. The fourth-order valence-corrected chi connectivity index (χ4v) is 3.55. The number of para-hydroxylation sites is 2. The molecule has 0 spiro atoms. The molecule has 0 saturated carbocycles. The highest BCUT2D eigenvalue weighted by molar-refractivity contribution is 6.04. The number of ether oxygens (including phenoxy) is 1. The summed E-state index contributed by atoms with van der Waals surface area (Å²) < 4.78 is 5.31. The monoisotopic (exact) mass is 454 g/mol. The van der Waals surface area contributed by atoms with Crippen LogP contribution in [0.2, 0.25) is 0 Å². The molecule has 4 rings (SSSR count). The Morgan fingerprint density at radius 1 is 0.971 bits per heavy atom. The van der Waals surface area contributed by atoms with Gasteiger partial charge in [0.2, 0.25) is 0 Å². The van der Waals surface area contributed by atoms with Gasteiger partial charge in [0.05, 0.1) is 23.9 Å². The minimum absolute atomic E-state index is 0.0664. The molecule has 170 valence electrons. The van der Waals surface area contributed by atoms with E-state index in [4.69, 9.17) is 10.3 Å². The third-order valence-electron chi connectivity index (χ3n) is 5.22. The molecule has 0 bridgehead atoms. The van der Waals surface area contributed by atoms with Gasteiger partial charge >= 0.3 is 0 Å². The molecule has 0 aliphatic carbocycles. The first kappa shape index (κ1) is 22.4. The molecule has 9 nitrogen and oxygen atoms in total. The second kappa shape index (κ2) is 9.78. The lowest BCUT2D eigenvalue weighted by molar-refractivity contribution is -0.113. The molecule has 1 heterocycles. The summed E-state index contributed by atoms with van der Waals surface area (Å²) >= 11 is 0. The summed E-state index contributed by atoms with van der Waals surface area (Å²) in [4.78, 5) is 24.8. The number of aromatic nitrogens is 2. The lowest BCUT2D eigenvalue weighted by Gasteiger charge is -2.13. The number of methoxy groups -OCH3 is 1. The molecule has 4 aromatic rings. The van der Waals surface area contributed by atoms with Crippen molar-refractivity contribution in [2.45, 2.75) is 6.92 Å². The molecular weight excluding hydrogens is 432 g/mol. The second-order valence-electron chi connectivity index (χ2n) is 7.39. The van der Waals surface area contributed by atoms with Crippen molar-refractivity contribution in [3.63, 3.8) is 0 Å². The quantitative estimate of drug-likeness (QED) is 0.233. The van der Waals surface area contributed by atoms with E-state index in [1.165, 1.54) is 0 Å². The third kappa shape index (κ3) is 4.53. The maximum absolute atomic E-state index is 12.8. The van der Waals surface area contributed by atoms with Crippen molar-refractivity contribution in [3.8, 4) is 17.0 Å². The van der Waals surface area contributed by atoms with E-state index in [-0.39, 0.29) is 11.3 Å². The van der Waals surface area contributed by atoms with E-state index in [2.05, 4.69) is 25.9 Å². The molecule has 0 radical (unpaired) electrons. The van der Waals surface area contributed by atoms with Crippen LogP contribution in [0.5, 0.6) is 5.75 Å². The highest BCUT2D eigenvalue weighted by atomic mass is 16.5. The SMILES string of the molecule is COc1ccccc1N/C(C)=C(\N=N)C(=O)Nc1ccc(-c2n[nH]c(=O)c3ccccc23)cc1. The normalized spacial score (nSPS) is 11.5. The Morgan fingerprint density at radius 2 is 1.65 bits per heavy atom. The van der Waals surface area contributed by atoms with E-state index < -0.39 is 5.91 Å². The van der Waals surface area contributed by atoms with Gasteiger partial charge in [-0.05, 0) is 37.3 Å². The van der Waals surface area contributed by atoms with Crippen LogP contribution in [-0.2, 0) is 4.79 Å². The van der Waals surface area contributed by atoms with Crippen molar-refractivity contribution in [1.82, 2.24) is 10.2 Å². The van der Waals surface area contributed by atoms with Gasteiger partial charge in [-0.1, -0.05) is 42.5 Å². The Labute approximate surface area is 195 Å². The van der Waals surface area contributed by atoms with Gasteiger partial charge in [-0.3, -0.25) is 9.59 Å². The molecule has 9 heteroatoms. The van der Waals surface area contributed by atoms with Crippen molar-refractivity contribution >= 4 is 28.1 Å². The predicted molar refractivity (Wildman–Crippen MR) is 131 cm³/mol. The van der Waals surface area contributed by atoms with Gasteiger partial charge < -0.3 is 15.4 Å². The zero-order valence-corrected chi connectivity index (χ0v) is 18.5. The van der Waals surface area contributed by atoms with Crippen LogP contribution in [0.4, 0.5) is 11.4 Å². The topological polar surface area (TPSA) is 132 Å². The number of aromatic amines is 1. The summed E-state index contributed by atoms with van der Waals surface area (Å²) in [6.07, 6.45) is 0. The lowest BCUT2D eigenvalue weighted by Crippen LogP contribution is -2.16. The highest BCUT2D eigenvalue weighted by Crippen LogP contribution is 2.27. The summed E-state index contributed by atoms with van der Waals surface area (Å²) in [5.74, 6) is 0.0702. The summed E-state index contributed by atoms with van der Waals surface area (Å²) in [5, 5.41) is 17.2. The minimum atomic E-state index is -0.532. The van der Waals surface area contributed by atoms with Crippen LogP contribution in [0.1, 0.15) is 6.92 Å². The summed E-state index contributed by atoms with van der Waals surface area (Å²) in [5.41, 5.74) is 10.2. The van der Waals surface area contributed by atoms with E-state index in [1.54, 1.807) is 62.6 Å². The Kier molecular flexibility index (Phi) is 6.45. The van der Waals surface area contributed by atoms with Gasteiger partial charge in [0, 0.05) is 22.3 Å². The number of carbonyl (C=O) groups excluding carboxylic acids is 1. The number of rotatable bonds is 7. The molecule has 0 atom stereocenters. The number of hydrogen-bond acceptors (Lipinski definition) is 7. The first-order valence-electron chi connectivity index (χ1n) is 10.4. The zero-order valence-electron chi connectivity index (χ0n) is 18.5. The van der Waals surface area contributed by atoms with Crippen molar-refractivity contribution < 1.29 is 9.53 Å². The molecule has 3 aromatic carbocycles. The number of anilines is 2. The number of hydrogen-bond donors (Lipinski definition) is 4. The predicted octanol–water partition coefficient (Wildman–Crippen LogP) is 4.91. The number of fused-ring (bicyclic) bond motifs is 1. The number of allylic oxidation sites excluding steroid dienone is 1. The van der Waals surface area contributed by atoms with Gasteiger partial charge in [0.1, 0.15) is 5.75 Å². The lowest BCUT2D eigenvalue weighted by atomic mass is 10.0. The maximum Gasteiger partial charge on any atom is 0.277 e. The number of nitrogens with one attached hydrogen (secondary N) is 4. The van der Waals surface area contributed by atoms with Crippen molar-refractivity contribution in [2.75, 3.05) is 17.7 Å². The van der Waals surface area contributed by atoms with Gasteiger partial charge in [-0.25, -0.2) is 10.6 Å². The fraction of sp³-hybridized carbons (Fsp3) is 0.0800.